The van der Waals surface area contributed by atoms with E-state index in [1.54, 1.807) is 25.1 Å². The number of nitrogens with one attached hydrogen (secondary N) is 1. The Labute approximate surface area is 153 Å². The van der Waals surface area contributed by atoms with Gasteiger partial charge in [0.05, 0.1) is 13.2 Å². The molecule has 7 nitrogen and oxygen atoms in total. The molecule has 0 aromatic heterocycles. The largest absolute Gasteiger partial charge is 0.463 e. The quantitative estimate of drug-likeness (QED) is 0.566. The van der Waals surface area contributed by atoms with Gasteiger partial charge in [-0.3, -0.25) is 14.5 Å². The van der Waals surface area contributed by atoms with Crippen LogP contribution in [0.2, 0.25) is 0 Å². The summed E-state index contributed by atoms with van der Waals surface area (Å²) in [6, 6.07) is 7.18. The number of hydrogen-bond acceptors (Lipinski definition) is 5. The number of carbonyl (C=O) groups is 3. The first kappa shape index (κ1) is 19.7. The molecule has 26 heavy (non-hydrogen) atoms. The summed E-state index contributed by atoms with van der Waals surface area (Å²) < 4.78 is 4.82. The number of amides is 2. The van der Waals surface area contributed by atoms with E-state index in [2.05, 4.69) is 5.32 Å². The highest BCUT2D eigenvalue weighted by Gasteiger charge is 2.24. The Kier molecular flexibility index (Phi) is 7.35. The first-order chi connectivity index (χ1) is 12.5. The van der Waals surface area contributed by atoms with Crippen LogP contribution in [0.3, 0.4) is 0 Å². The van der Waals surface area contributed by atoms with Crippen molar-refractivity contribution in [1.82, 2.24) is 4.90 Å². The Morgan fingerprint density at radius 2 is 1.88 bits per heavy atom. The summed E-state index contributed by atoms with van der Waals surface area (Å²) in [5, 5.41) is 2.85. The molecule has 0 spiro atoms. The van der Waals surface area contributed by atoms with E-state index in [-0.39, 0.29) is 30.2 Å². The van der Waals surface area contributed by atoms with E-state index in [0.29, 0.717) is 38.2 Å². The number of nitrogens with zero attached hydrogens (tertiary/aromatic N) is 1. The lowest BCUT2D eigenvalue weighted by Gasteiger charge is -2.29. The molecule has 2 amide bonds. The van der Waals surface area contributed by atoms with E-state index < -0.39 is 0 Å². The second-order valence-electron chi connectivity index (χ2n) is 6.21. The zero-order valence-electron chi connectivity index (χ0n) is 14.9. The summed E-state index contributed by atoms with van der Waals surface area (Å²) in [6.07, 6.45) is 4.42. The van der Waals surface area contributed by atoms with Gasteiger partial charge in [-0.15, -0.1) is 0 Å². The zero-order chi connectivity index (χ0) is 18.9. The summed E-state index contributed by atoms with van der Waals surface area (Å²) in [6.45, 7) is 3.77. The molecule has 1 aromatic rings. The molecule has 140 valence electrons. The molecular formula is C19H25N3O4. The number of benzene rings is 1. The third-order valence-corrected chi connectivity index (χ3v) is 4.25. The first-order valence-corrected chi connectivity index (χ1v) is 8.74. The van der Waals surface area contributed by atoms with Gasteiger partial charge >= 0.3 is 5.97 Å². The van der Waals surface area contributed by atoms with Crippen molar-refractivity contribution >= 4 is 29.5 Å². The van der Waals surface area contributed by atoms with E-state index in [9.17, 15) is 14.4 Å². The summed E-state index contributed by atoms with van der Waals surface area (Å²) in [4.78, 5) is 36.6. The molecule has 0 aliphatic carbocycles. The van der Waals surface area contributed by atoms with Crippen molar-refractivity contribution in [3.8, 4) is 0 Å². The molecule has 1 aromatic carbocycles. The van der Waals surface area contributed by atoms with Gasteiger partial charge in [0.25, 0.3) is 0 Å². The van der Waals surface area contributed by atoms with Gasteiger partial charge in [0, 0.05) is 17.7 Å². The molecule has 1 saturated heterocycles. The Balaban J connectivity index is 1.79. The summed E-state index contributed by atoms with van der Waals surface area (Å²) in [5.74, 6) is -0.821. The van der Waals surface area contributed by atoms with Crippen LogP contribution in [-0.2, 0) is 19.1 Å². The van der Waals surface area contributed by atoms with Crippen molar-refractivity contribution in [1.29, 1.82) is 0 Å². The zero-order valence-corrected chi connectivity index (χ0v) is 14.9. The highest BCUT2D eigenvalue weighted by molar-refractivity contribution is 5.92. The van der Waals surface area contributed by atoms with Crippen molar-refractivity contribution in [3.63, 3.8) is 0 Å². The number of anilines is 1. The topological polar surface area (TPSA) is 102 Å². The lowest BCUT2D eigenvalue weighted by Crippen LogP contribution is -2.42. The molecule has 2 rings (SSSR count). The minimum absolute atomic E-state index is 0.0791. The average molecular weight is 359 g/mol. The van der Waals surface area contributed by atoms with Crippen molar-refractivity contribution in [2.45, 2.75) is 19.8 Å². The number of ether oxygens (including phenoxy) is 1. The van der Waals surface area contributed by atoms with E-state index >= 15 is 0 Å². The first-order valence-electron chi connectivity index (χ1n) is 8.74. The molecule has 1 fully saturated rings. The minimum Gasteiger partial charge on any atom is -0.463 e. The number of rotatable bonds is 7. The fourth-order valence-electron chi connectivity index (χ4n) is 2.81. The number of esters is 1. The lowest BCUT2D eigenvalue weighted by atomic mass is 9.96. The molecule has 1 heterocycles. The van der Waals surface area contributed by atoms with Crippen molar-refractivity contribution in [2.24, 2.45) is 11.7 Å². The Hall–Kier alpha value is -2.67. The van der Waals surface area contributed by atoms with E-state index in [1.165, 1.54) is 6.08 Å². The summed E-state index contributed by atoms with van der Waals surface area (Å²) in [7, 11) is 0. The Morgan fingerprint density at radius 1 is 1.23 bits per heavy atom. The van der Waals surface area contributed by atoms with Gasteiger partial charge in [-0.25, -0.2) is 4.79 Å². The van der Waals surface area contributed by atoms with Crippen LogP contribution < -0.4 is 11.1 Å². The molecule has 7 heteroatoms. The molecule has 0 saturated carbocycles. The standard InChI is InChI=1S/C19H25N3O4/c1-2-26-18(24)8-5-14-3-6-16(7-4-14)21-17(23)13-22-11-9-15(10-12-22)19(20)25/h3-8,15H,2,9-13H2,1H3,(H2,20,25)(H,21,23). The van der Waals surface area contributed by atoms with E-state index in [0.717, 1.165) is 5.56 Å². The number of likely N-dealkylation sites (tertiary alicyclic amines) is 1. The molecule has 0 bridgehead atoms. The smallest absolute Gasteiger partial charge is 0.330 e. The number of hydrogen-bond donors (Lipinski definition) is 2. The fraction of sp³-hybridized carbons (Fsp3) is 0.421. The van der Waals surface area contributed by atoms with Crippen LogP contribution in [0.4, 0.5) is 5.69 Å². The predicted molar refractivity (Wildman–Crippen MR) is 99.1 cm³/mol. The average Bonchev–Trinajstić information content (AvgIpc) is 2.62. The Bertz CT molecular complexity index is 662. The van der Waals surface area contributed by atoms with Gasteiger partial charge in [0.15, 0.2) is 0 Å². The number of nitrogens with two attached hydrogens (primary N) is 1. The predicted octanol–water partition coefficient (Wildman–Crippen LogP) is 1.40. The van der Waals surface area contributed by atoms with Crippen molar-refractivity contribution in [3.05, 3.63) is 35.9 Å². The highest BCUT2D eigenvalue weighted by atomic mass is 16.5. The maximum atomic E-state index is 12.1. The van der Waals surface area contributed by atoms with E-state index in [1.807, 2.05) is 17.0 Å². The van der Waals surface area contributed by atoms with E-state index in [4.69, 9.17) is 10.5 Å². The number of piperidine rings is 1. The molecule has 1 aliphatic rings. The van der Waals surface area contributed by atoms with Crippen molar-refractivity contribution < 1.29 is 19.1 Å². The second-order valence-corrected chi connectivity index (χ2v) is 6.21. The van der Waals surface area contributed by atoms with Crippen LogP contribution in [0.15, 0.2) is 30.3 Å². The molecule has 0 radical (unpaired) electrons. The van der Waals surface area contributed by atoms with Gasteiger partial charge in [0.2, 0.25) is 11.8 Å². The van der Waals surface area contributed by atoms with Crippen molar-refractivity contribution in [2.75, 3.05) is 31.6 Å². The van der Waals surface area contributed by atoms with Crippen LogP contribution in [0.1, 0.15) is 25.3 Å². The minimum atomic E-state index is -0.384. The van der Waals surface area contributed by atoms with Gasteiger partial charge in [0.1, 0.15) is 0 Å². The highest BCUT2D eigenvalue weighted by Crippen LogP contribution is 2.17. The normalized spacial score (nSPS) is 15.7. The van der Waals surface area contributed by atoms with Gasteiger partial charge in [-0.2, -0.15) is 0 Å². The fourth-order valence-corrected chi connectivity index (χ4v) is 2.81. The molecule has 0 unspecified atom stereocenters. The summed E-state index contributed by atoms with van der Waals surface area (Å²) in [5.41, 5.74) is 6.84. The van der Waals surface area contributed by atoms with Crippen LogP contribution in [-0.4, -0.2) is 48.9 Å². The SMILES string of the molecule is CCOC(=O)C=Cc1ccc(NC(=O)CN2CCC(C(N)=O)CC2)cc1. The van der Waals surface area contributed by atoms with Crippen LogP contribution in [0.25, 0.3) is 6.08 Å². The summed E-state index contributed by atoms with van der Waals surface area (Å²) >= 11 is 0. The molecular weight excluding hydrogens is 334 g/mol. The van der Waals surface area contributed by atoms with Crippen LogP contribution in [0.5, 0.6) is 0 Å². The third kappa shape index (κ3) is 6.33. The molecule has 1 aliphatic heterocycles. The van der Waals surface area contributed by atoms with Gasteiger partial charge < -0.3 is 15.8 Å². The van der Waals surface area contributed by atoms with Crippen LogP contribution >= 0.6 is 0 Å². The number of carbonyl (C=O) groups excluding carboxylic acids is 3. The maximum Gasteiger partial charge on any atom is 0.330 e. The van der Waals surface area contributed by atoms with Gasteiger partial charge in [-0.1, -0.05) is 12.1 Å². The lowest BCUT2D eigenvalue weighted by molar-refractivity contribution is -0.137. The van der Waals surface area contributed by atoms with Crippen LogP contribution in [0, 0.1) is 5.92 Å². The second kappa shape index (κ2) is 9.72. The Morgan fingerprint density at radius 3 is 2.46 bits per heavy atom. The number of primary amides is 1. The monoisotopic (exact) mass is 359 g/mol. The maximum absolute atomic E-state index is 12.1. The molecule has 0 atom stereocenters. The van der Waals surface area contributed by atoms with Gasteiger partial charge in [-0.05, 0) is 56.6 Å². The third-order valence-electron chi connectivity index (χ3n) is 4.25. The molecule has 3 N–H and O–H groups in total.